The van der Waals surface area contributed by atoms with E-state index in [0.717, 1.165) is 18.7 Å². The zero-order valence-corrected chi connectivity index (χ0v) is 9.75. The minimum absolute atomic E-state index is 0.409. The summed E-state index contributed by atoms with van der Waals surface area (Å²) in [5, 5.41) is 12.5. The predicted molar refractivity (Wildman–Crippen MR) is 61.2 cm³/mol. The van der Waals surface area contributed by atoms with E-state index in [4.69, 9.17) is 16.7 Å². The quantitative estimate of drug-likeness (QED) is 0.757. The molecule has 1 atom stereocenters. The van der Waals surface area contributed by atoms with Crippen LogP contribution in [0.5, 0.6) is 0 Å². The van der Waals surface area contributed by atoms with E-state index in [1.807, 2.05) is 0 Å². The molecule has 0 bridgehead atoms. The summed E-state index contributed by atoms with van der Waals surface area (Å²) in [5.41, 5.74) is 0. The van der Waals surface area contributed by atoms with E-state index in [9.17, 15) is 0 Å². The van der Waals surface area contributed by atoms with Crippen LogP contribution in [0.15, 0.2) is 6.07 Å². The van der Waals surface area contributed by atoms with Crippen LogP contribution >= 0.6 is 11.6 Å². The third-order valence-electron chi connectivity index (χ3n) is 1.79. The summed E-state index contributed by atoms with van der Waals surface area (Å²) in [6.07, 6.45) is 1.38. The first kappa shape index (κ1) is 12.2. The van der Waals surface area contributed by atoms with Crippen molar-refractivity contribution < 1.29 is 5.11 Å². The van der Waals surface area contributed by atoms with E-state index in [0.29, 0.717) is 17.5 Å². The molecule has 0 saturated carbocycles. The first-order valence-corrected chi connectivity index (χ1v) is 5.45. The molecule has 1 heterocycles. The highest BCUT2D eigenvalue weighted by Crippen LogP contribution is 2.12. The maximum Gasteiger partial charge on any atom is 0.134 e. The summed E-state index contributed by atoms with van der Waals surface area (Å²) >= 11 is 5.85. The molecule has 0 fully saturated rings. The van der Waals surface area contributed by atoms with Crippen molar-refractivity contribution in [1.29, 1.82) is 0 Å². The van der Waals surface area contributed by atoms with Crippen LogP contribution in [-0.4, -0.2) is 27.7 Å². The van der Waals surface area contributed by atoms with Gasteiger partial charge in [-0.2, -0.15) is 0 Å². The lowest BCUT2D eigenvalue weighted by Crippen LogP contribution is -2.16. The number of aliphatic hydroxyl groups excluding tert-OH is 1. The van der Waals surface area contributed by atoms with Crippen LogP contribution in [-0.2, 0) is 6.42 Å². The van der Waals surface area contributed by atoms with Crippen molar-refractivity contribution in [2.24, 2.45) is 0 Å². The number of hydrogen-bond acceptors (Lipinski definition) is 4. The average Bonchev–Trinajstić information content (AvgIpc) is 2.14. The lowest BCUT2D eigenvalue weighted by atomic mass is 10.3. The molecule has 4 nitrogen and oxygen atoms in total. The van der Waals surface area contributed by atoms with Gasteiger partial charge in [-0.3, -0.25) is 0 Å². The number of halogens is 1. The van der Waals surface area contributed by atoms with Crippen LogP contribution < -0.4 is 5.32 Å². The van der Waals surface area contributed by atoms with Crippen molar-refractivity contribution in [2.45, 2.75) is 32.8 Å². The molecule has 0 amide bonds. The van der Waals surface area contributed by atoms with E-state index in [1.165, 1.54) is 0 Å². The number of nitrogens with zero attached hydrogens (tertiary/aromatic N) is 2. The Morgan fingerprint density at radius 1 is 1.53 bits per heavy atom. The molecule has 2 N–H and O–H groups in total. The minimum Gasteiger partial charge on any atom is -0.392 e. The second kappa shape index (κ2) is 5.88. The fraction of sp³-hybridized carbons (Fsp3) is 0.600. The van der Waals surface area contributed by atoms with Crippen molar-refractivity contribution in [3.63, 3.8) is 0 Å². The van der Waals surface area contributed by atoms with Gasteiger partial charge in [-0.25, -0.2) is 9.97 Å². The van der Waals surface area contributed by atoms with Gasteiger partial charge in [0.15, 0.2) is 0 Å². The van der Waals surface area contributed by atoms with Gasteiger partial charge < -0.3 is 10.4 Å². The molecular formula is C10H16ClN3O. The Balaban J connectivity index is 2.70. The standard InChI is InChI=1S/C10H16ClN3O/c1-3-4-9-13-8(11)5-10(14-9)12-6-7(2)15/h5,7,15H,3-4,6H2,1-2H3,(H,12,13,14). The Hall–Kier alpha value is -0.870. The fourth-order valence-corrected chi connectivity index (χ4v) is 1.34. The molecule has 0 radical (unpaired) electrons. The minimum atomic E-state index is -0.409. The highest BCUT2D eigenvalue weighted by atomic mass is 35.5. The molecule has 0 aromatic carbocycles. The SMILES string of the molecule is CCCc1nc(Cl)cc(NCC(C)O)n1. The van der Waals surface area contributed by atoms with Crippen molar-refractivity contribution in [1.82, 2.24) is 9.97 Å². The van der Waals surface area contributed by atoms with Gasteiger partial charge in [-0.05, 0) is 13.3 Å². The van der Waals surface area contributed by atoms with Crippen LogP contribution in [0.3, 0.4) is 0 Å². The smallest absolute Gasteiger partial charge is 0.134 e. The molecule has 5 heteroatoms. The fourth-order valence-electron chi connectivity index (χ4n) is 1.14. The summed E-state index contributed by atoms with van der Waals surface area (Å²) in [5.74, 6) is 1.40. The molecule has 15 heavy (non-hydrogen) atoms. The molecular weight excluding hydrogens is 214 g/mol. The summed E-state index contributed by atoms with van der Waals surface area (Å²) in [7, 11) is 0. The van der Waals surface area contributed by atoms with E-state index >= 15 is 0 Å². The third kappa shape index (κ3) is 4.44. The van der Waals surface area contributed by atoms with Gasteiger partial charge in [0.2, 0.25) is 0 Å². The number of anilines is 1. The van der Waals surface area contributed by atoms with Crippen molar-refractivity contribution in [2.75, 3.05) is 11.9 Å². The van der Waals surface area contributed by atoms with E-state index in [2.05, 4.69) is 22.2 Å². The Bertz CT molecular complexity index is 318. The molecule has 0 aliphatic rings. The summed E-state index contributed by atoms with van der Waals surface area (Å²) in [6, 6.07) is 1.66. The molecule has 1 aromatic heterocycles. The molecule has 1 rings (SSSR count). The van der Waals surface area contributed by atoms with E-state index < -0.39 is 6.10 Å². The number of hydrogen-bond donors (Lipinski definition) is 2. The second-order valence-corrected chi connectivity index (χ2v) is 3.86. The molecule has 0 spiro atoms. The largest absolute Gasteiger partial charge is 0.392 e. The Labute approximate surface area is 94.7 Å². The second-order valence-electron chi connectivity index (χ2n) is 3.47. The monoisotopic (exact) mass is 229 g/mol. The number of nitrogens with one attached hydrogen (secondary N) is 1. The maximum absolute atomic E-state index is 9.12. The average molecular weight is 230 g/mol. The number of rotatable bonds is 5. The van der Waals surface area contributed by atoms with Crippen molar-refractivity contribution >= 4 is 17.4 Å². The van der Waals surface area contributed by atoms with Gasteiger partial charge in [-0.15, -0.1) is 0 Å². The zero-order chi connectivity index (χ0) is 11.3. The first-order valence-electron chi connectivity index (χ1n) is 5.07. The van der Waals surface area contributed by atoms with Crippen LogP contribution in [0.2, 0.25) is 5.15 Å². The third-order valence-corrected chi connectivity index (χ3v) is 1.99. The summed E-state index contributed by atoms with van der Waals surface area (Å²) in [4.78, 5) is 8.38. The van der Waals surface area contributed by atoms with Crippen LogP contribution in [0.25, 0.3) is 0 Å². The topological polar surface area (TPSA) is 58.0 Å². The highest BCUT2D eigenvalue weighted by molar-refractivity contribution is 6.29. The Morgan fingerprint density at radius 2 is 2.27 bits per heavy atom. The van der Waals surface area contributed by atoms with Gasteiger partial charge in [-0.1, -0.05) is 18.5 Å². The molecule has 0 aliphatic heterocycles. The van der Waals surface area contributed by atoms with Gasteiger partial charge in [0.25, 0.3) is 0 Å². The van der Waals surface area contributed by atoms with Crippen LogP contribution in [0.4, 0.5) is 5.82 Å². The Kier molecular flexibility index (Phi) is 4.78. The van der Waals surface area contributed by atoms with Crippen LogP contribution in [0.1, 0.15) is 26.1 Å². The van der Waals surface area contributed by atoms with Gasteiger partial charge in [0.1, 0.15) is 16.8 Å². The lowest BCUT2D eigenvalue weighted by Gasteiger charge is -2.08. The summed E-state index contributed by atoms with van der Waals surface area (Å²) < 4.78 is 0. The maximum atomic E-state index is 9.12. The van der Waals surface area contributed by atoms with Crippen molar-refractivity contribution in [3.05, 3.63) is 17.0 Å². The molecule has 1 unspecified atom stereocenters. The lowest BCUT2D eigenvalue weighted by molar-refractivity contribution is 0.208. The molecule has 84 valence electrons. The van der Waals surface area contributed by atoms with E-state index in [-0.39, 0.29) is 0 Å². The predicted octanol–water partition coefficient (Wildman–Crippen LogP) is 1.88. The summed E-state index contributed by atoms with van der Waals surface area (Å²) in [6.45, 7) is 4.23. The molecule has 0 saturated heterocycles. The number of aryl methyl sites for hydroxylation is 1. The molecule has 0 aliphatic carbocycles. The van der Waals surface area contributed by atoms with E-state index in [1.54, 1.807) is 13.0 Å². The van der Waals surface area contributed by atoms with Gasteiger partial charge >= 0.3 is 0 Å². The van der Waals surface area contributed by atoms with Gasteiger partial charge in [0.05, 0.1) is 6.10 Å². The molecule has 1 aromatic rings. The first-order chi connectivity index (χ1) is 7.11. The highest BCUT2D eigenvalue weighted by Gasteiger charge is 2.03. The Morgan fingerprint density at radius 3 is 2.87 bits per heavy atom. The number of aliphatic hydroxyl groups is 1. The number of aromatic nitrogens is 2. The van der Waals surface area contributed by atoms with Gasteiger partial charge in [0, 0.05) is 19.0 Å². The zero-order valence-electron chi connectivity index (χ0n) is 9.00. The van der Waals surface area contributed by atoms with Crippen LogP contribution in [0, 0.1) is 0 Å². The van der Waals surface area contributed by atoms with Crippen molar-refractivity contribution in [3.8, 4) is 0 Å². The normalized spacial score (nSPS) is 12.5.